The zero-order chi connectivity index (χ0) is 20.7. The van der Waals surface area contributed by atoms with Gasteiger partial charge in [0.1, 0.15) is 0 Å². The number of carbonyl (C=O) groups excluding carboxylic acids is 1. The third kappa shape index (κ3) is 5.81. The van der Waals surface area contributed by atoms with E-state index in [2.05, 4.69) is 39.1 Å². The van der Waals surface area contributed by atoms with Gasteiger partial charge in [-0.3, -0.25) is 14.7 Å². The van der Waals surface area contributed by atoms with Crippen LogP contribution in [0.3, 0.4) is 0 Å². The molecule has 3 fully saturated rings. The number of likely N-dealkylation sites (N-methyl/N-ethyl adjacent to an activating group) is 1. The van der Waals surface area contributed by atoms with Gasteiger partial charge < -0.3 is 29.5 Å². The van der Waals surface area contributed by atoms with E-state index < -0.39 is 0 Å². The molecule has 0 bridgehead atoms. The Morgan fingerprint density at radius 1 is 0.966 bits per heavy atom. The zero-order valence-electron chi connectivity index (χ0n) is 18.4. The molecule has 0 unspecified atom stereocenters. The Kier molecular flexibility index (Phi) is 8.11. The van der Waals surface area contributed by atoms with Crippen molar-refractivity contribution >= 4 is 11.9 Å². The number of hydrogen-bond acceptors (Lipinski definition) is 6. The molecule has 0 aromatic rings. The van der Waals surface area contributed by atoms with Gasteiger partial charge in [-0.25, -0.2) is 0 Å². The van der Waals surface area contributed by atoms with Crippen molar-refractivity contribution in [1.29, 1.82) is 0 Å². The van der Waals surface area contributed by atoms with Crippen molar-refractivity contribution in [3.05, 3.63) is 0 Å². The van der Waals surface area contributed by atoms with E-state index in [9.17, 15) is 4.79 Å². The van der Waals surface area contributed by atoms with E-state index in [1.807, 2.05) is 11.9 Å². The fourth-order valence-electron chi connectivity index (χ4n) is 4.33. The van der Waals surface area contributed by atoms with Crippen molar-refractivity contribution in [3.63, 3.8) is 0 Å². The third-order valence-electron chi connectivity index (χ3n) is 6.55. The van der Waals surface area contributed by atoms with Crippen LogP contribution >= 0.6 is 0 Å². The highest BCUT2D eigenvalue weighted by Crippen LogP contribution is 2.25. The Morgan fingerprint density at radius 3 is 2.17 bits per heavy atom. The van der Waals surface area contributed by atoms with Crippen LogP contribution in [-0.4, -0.2) is 137 Å². The molecule has 9 heteroatoms. The lowest BCUT2D eigenvalue weighted by Crippen LogP contribution is -2.59. The van der Waals surface area contributed by atoms with E-state index in [1.165, 1.54) is 0 Å². The normalized spacial score (nSPS) is 24.1. The van der Waals surface area contributed by atoms with Crippen molar-refractivity contribution in [2.24, 2.45) is 4.99 Å². The van der Waals surface area contributed by atoms with Crippen LogP contribution in [0.1, 0.15) is 12.8 Å². The molecule has 3 rings (SSSR count). The third-order valence-corrected chi connectivity index (χ3v) is 6.55. The number of nitrogens with one attached hydrogen (secondary N) is 1. The first kappa shape index (κ1) is 22.3. The van der Waals surface area contributed by atoms with E-state index >= 15 is 0 Å². The van der Waals surface area contributed by atoms with Crippen LogP contribution in [0.5, 0.6) is 0 Å². The molecule has 0 atom stereocenters. The zero-order valence-corrected chi connectivity index (χ0v) is 18.4. The Bertz CT molecular complexity index is 550. The molecular weight excluding hydrogens is 372 g/mol. The number of hydrogen-bond donors (Lipinski definition) is 1. The molecule has 0 radical (unpaired) electrons. The summed E-state index contributed by atoms with van der Waals surface area (Å²) in [5.74, 6) is 1.17. The van der Waals surface area contributed by atoms with E-state index in [-0.39, 0.29) is 11.4 Å². The summed E-state index contributed by atoms with van der Waals surface area (Å²) in [6.07, 6.45) is 2.06. The summed E-state index contributed by atoms with van der Waals surface area (Å²) in [6, 6.07) is 0. The summed E-state index contributed by atoms with van der Waals surface area (Å²) in [4.78, 5) is 25.8. The van der Waals surface area contributed by atoms with Crippen molar-refractivity contribution in [1.82, 2.24) is 24.9 Å². The molecule has 9 nitrogen and oxygen atoms in total. The number of rotatable bonds is 5. The van der Waals surface area contributed by atoms with Gasteiger partial charge >= 0.3 is 0 Å². The van der Waals surface area contributed by atoms with E-state index in [4.69, 9.17) is 9.47 Å². The predicted octanol–water partition coefficient (Wildman–Crippen LogP) is -0.851. The van der Waals surface area contributed by atoms with Crippen LogP contribution < -0.4 is 5.32 Å². The predicted molar refractivity (Wildman–Crippen MR) is 113 cm³/mol. The van der Waals surface area contributed by atoms with Gasteiger partial charge in [0.05, 0.1) is 19.8 Å². The number of amides is 1. The average molecular weight is 411 g/mol. The fraction of sp³-hybridized carbons (Fsp3) is 0.900. The molecule has 166 valence electrons. The van der Waals surface area contributed by atoms with Gasteiger partial charge in [0.2, 0.25) is 5.91 Å². The van der Waals surface area contributed by atoms with Gasteiger partial charge in [-0.1, -0.05) is 0 Å². The highest BCUT2D eigenvalue weighted by Gasteiger charge is 2.35. The van der Waals surface area contributed by atoms with Crippen molar-refractivity contribution in [2.45, 2.75) is 18.4 Å². The molecule has 29 heavy (non-hydrogen) atoms. The quantitative estimate of drug-likeness (QED) is 0.468. The molecule has 0 aromatic carbocycles. The summed E-state index contributed by atoms with van der Waals surface area (Å²) < 4.78 is 10.9. The van der Waals surface area contributed by atoms with Crippen LogP contribution in [0, 0.1) is 0 Å². The molecule has 1 amide bonds. The van der Waals surface area contributed by atoms with E-state index in [1.54, 1.807) is 0 Å². The summed E-state index contributed by atoms with van der Waals surface area (Å²) in [7, 11) is 6.16. The van der Waals surface area contributed by atoms with Crippen LogP contribution in [-0.2, 0) is 14.3 Å². The largest absolute Gasteiger partial charge is 0.381 e. The Hall–Kier alpha value is -1.42. The maximum Gasteiger partial charge on any atom is 0.236 e. The van der Waals surface area contributed by atoms with Gasteiger partial charge in [0, 0.05) is 71.6 Å². The monoisotopic (exact) mass is 410 g/mol. The summed E-state index contributed by atoms with van der Waals surface area (Å²) in [5, 5.41) is 3.61. The number of piperazine rings is 1. The molecule has 3 aliphatic heterocycles. The SMILES string of the molecule is CN=C(NCC1(N(C)C)CCOCC1)N1CCN(CC(=O)N2CCOCC2)CC1. The Balaban J connectivity index is 1.45. The van der Waals surface area contributed by atoms with Gasteiger partial charge in [-0.15, -0.1) is 0 Å². The second kappa shape index (κ2) is 10.6. The topological polar surface area (TPSA) is 72.9 Å². The standard InChI is InChI=1S/C20H38N6O3/c1-21-19(22-17-20(23(2)3)4-12-28-13-5-20)26-8-6-24(7-9-26)16-18(27)25-10-14-29-15-11-25/h4-17H2,1-3H3,(H,21,22). The maximum atomic E-state index is 12.5. The van der Waals surface area contributed by atoms with Gasteiger partial charge in [-0.05, 0) is 26.9 Å². The minimum Gasteiger partial charge on any atom is -0.381 e. The van der Waals surface area contributed by atoms with Crippen molar-refractivity contribution in [3.8, 4) is 0 Å². The highest BCUT2D eigenvalue weighted by molar-refractivity contribution is 5.80. The number of nitrogens with zero attached hydrogens (tertiary/aromatic N) is 5. The van der Waals surface area contributed by atoms with Crippen LogP contribution in [0.2, 0.25) is 0 Å². The van der Waals surface area contributed by atoms with Gasteiger partial charge in [0.15, 0.2) is 5.96 Å². The number of carbonyl (C=O) groups is 1. The molecule has 0 aromatic heterocycles. The second-order valence-corrected chi connectivity index (χ2v) is 8.39. The lowest BCUT2D eigenvalue weighted by molar-refractivity contribution is -0.136. The van der Waals surface area contributed by atoms with Crippen molar-refractivity contribution in [2.75, 3.05) is 99.9 Å². The molecule has 3 aliphatic rings. The first-order chi connectivity index (χ1) is 14.0. The van der Waals surface area contributed by atoms with Crippen molar-refractivity contribution < 1.29 is 14.3 Å². The van der Waals surface area contributed by atoms with Crippen LogP contribution in [0.15, 0.2) is 4.99 Å². The second-order valence-electron chi connectivity index (χ2n) is 8.39. The summed E-state index contributed by atoms with van der Waals surface area (Å²) in [6.45, 7) is 9.26. The van der Waals surface area contributed by atoms with E-state index in [0.29, 0.717) is 32.8 Å². The van der Waals surface area contributed by atoms with Gasteiger partial charge in [-0.2, -0.15) is 0 Å². The number of guanidine groups is 1. The van der Waals surface area contributed by atoms with Gasteiger partial charge in [0.25, 0.3) is 0 Å². The number of ether oxygens (including phenoxy) is 2. The molecular formula is C20H38N6O3. The van der Waals surface area contributed by atoms with Crippen LogP contribution in [0.4, 0.5) is 0 Å². The average Bonchev–Trinajstić information content (AvgIpc) is 2.76. The Morgan fingerprint density at radius 2 is 1.59 bits per heavy atom. The first-order valence-corrected chi connectivity index (χ1v) is 10.8. The lowest BCUT2D eigenvalue weighted by atomic mass is 9.88. The minimum absolute atomic E-state index is 0.112. The molecule has 3 saturated heterocycles. The van der Waals surface area contributed by atoms with E-state index in [0.717, 1.165) is 64.7 Å². The Labute approximate surface area is 175 Å². The smallest absolute Gasteiger partial charge is 0.236 e. The molecule has 1 N–H and O–H groups in total. The molecule has 0 saturated carbocycles. The maximum absolute atomic E-state index is 12.5. The molecule has 3 heterocycles. The first-order valence-electron chi connectivity index (χ1n) is 10.8. The molecule has 0 aliphatic carbocycles. The van der Waals surface area contributed by atoms with Crippen LogP contribution in [0.25, 0.3) is 0 Å². The lowest BCUT2D eigenvalue weighted by Gasteiger charge is -2.44. The minimum atomic E-state index is 0.112. The number of aliphatic imine (C=N–C) groups is 1. The summed E-state index contributed by atoms with van der Waals surface area (Å²) >= 11 is 0. The number of morpholine rings is 1. The fourth-order valence-corrected chi connectivity index (χ4v) is 4.33. The highest BCUT2D eigenvalue weighted by atomic mass is 16.5. The summed E-state index contributed by atoms with van der Waals surface area (Å²) in [5.41, 5.74) is 0.112. The molecule has 0 spiro atoms.